The molecule has 1 atom stereocenters. The van der Waals surface area contributed by atoms with Crippen molar-refractivity contribution in [1.29, 1.82) is 0 Å². The second kappa shape index (κ2) is 6.17. The molecule has 0 saturated carbocycles. The van der Waals surface area contributed by atoms with E-state index in [-0.39, 0.29) is 11.9 Å². The maximum absolute atomic E-state index is 12.4. The quantitative estimate of drug-likeness (QED) is 0.849. The highest BCUT2D eigenvalue weighted by Gasteiger charge is 2.20. The molecule has 1 amide bonds. The van der Waals surface area contributed by atoms with Crippen molar-refractivity contribution in [2.75, 3.05) is 13.6 Å². The predicted molar refractivity (Wildman–Crippen MR) is 79.9 cm³/mol. The fourth-order valence-electron chi connectivity index (χ4n) is 2.18. The van der Waals surface area contributed by atoms with E-state index in [4.69, 9.17) is 0 Å². The fraction of sp³-hybridized carbons (Fsp3) is 0.500. The second-order valence-corrected chi connectivity index (χ2v) is 5.87. The average molecular weight is 292 g/mol. The molecule has 0 unspecified atom stereocenters. The van der Waals surface area contributed by atoms with Gasteiger partial charge >= 0.3 is 0 Å². The Labute approximate surface area is 123 Å². The first-order valence-corrected chi connectivity index (χ1v) is 7.52. The van der Waals surface area contributed by atoms with E-state index in [2.05, 4.69) is 9.97 Å². The Morgan fingerprint density at radius 3 is 2.75 bits per heavy atom. The van der Waals surface area contributed by atoms with Crippen LogP contribution >= 0.6 is 11.3 Å². The Hall–Kier alpha value is -1.69. The molecule has 2 rings (SSSR count). The molecule has 5 nitrogen and oxygen atoms in total. The van der Waals surface area contributed by atoms with Crippen LogP contribution in [0, 0.1) is 13.8 Å². The van der Waals surface area contributed by atoms with Gasteiger partial charge in [-0.05, 0) is 20.8 Å². The van der Waals surface area contributed by atoms with E-state index >= 15 is 0 Å². The molecular weight excluding hydrogens is 272 g/mol. The van der Waals surface area contributed by atoms with Gasteiger partial charge in [-0.1, -0.05) is 0 Å². The molecule has 0 fully saturated rings. The number of aryl methyl sites for hydroxylation is 2. The zero-order valence-corrected chi connectivity index (χ0v) is 13.1. The molecule has 0 aliphatic carbocycles. The number of aromatic nitrogens is 3. The molecule has 2 aromatic rings. The molecule has 0 aliphatic rings. The predicted octanol–water partition coefficient (Wildman–Crippen LogP) is 2.22. The molecule has 2 aromatic heterocycles. The van der Waals surface area contributed by atoms with Crippen LogP contribution in [-0.2, 0) is 11.2 Å². The smallest absolute Gasteiger partial charge is 0.245 e. The van der Waals surface area contributed by atoms with E-state index < -0.39 is 0 Å². The molecule has 6 heteroatoms. The van der Waals surface area contributed by atoms with E-state index in [1.807, 2.05) is 44.1 Å². The summed E-state index contributed by atoms with van der Waals surface area (Å²) in [5.41, 5.74) is 2.92. The number of hydrogen-bond donors (Lipinski definition) is 0. The van der Waals surface area contributed by atoms with Crippen molar-refractivity contribution in [3.63, 3.8) is 0 Å². The Morgan fingerprint density at radius 2 is 2.20 bits per heavy atom. The van der Waals surface area contributed by atoms with Crippen LogP contribution in [0.4, 0.5) is 0 Å². The van der Waals surface area contributed by atoms with Gasteiger partial charge in [-0.2, -0.15) is 0 Å². The molecule has 0 aliphatic heterocycles. The van der Waals surface area contributed by atoms with Gasteiger partial charge in [0.05, 0.1) is 11.2 Å². The van der Waals surface area contributed by atoms with Gasteiger partial charge in [0, 0.05) is 37.3 Å². The third-order valence-corrected chi connectivity index (χ3v) is 4.53. The first-order chi connectivity index (χ1) is 9.50. The average Bonchev–Trinajstić information content (AvgIpc) is 3.03. The van der Waals surface area contributed by atoms with Crippen molar-refractivity contribution in [3.05, 3.63) is 34.3 Å². The molecular formula is C14H20N4OS. The Bertz CT molecular complexity index is 590. The van der Waals surface area contributed by atoms with E-state index in [9.17, 15) is 4.79 Å². The largest absolute Gasteiger partial charge is 0.344 e. The highest BCUT2D eigenvalue weighted by molar-refractivity contribution is 7.09. The minimum atomic E-state index is -0.218. The Morgan fingerprint density at radius 1 is 1.45 bits per heavy atom. The summed E-state index contributed by atoms with van der Waals surface area (Å²) in [6.07, 6.45) is 4.42. The van der Waals surface area contributed by atoms with Gasteiger partial charge in [-0.25, -0.2) is 9.97 Å². The SMILES string of the molecule is Cc1ncsc1CCN(C)C(=O)[C@@H](C)n1ccnc1C. The first-order valence-electron chi connectivity index (χ1n) is 6.64. The van der Waals surface area contributed by atoms with Crippen LogP contribution in [-0.4, -0.2) is 38.9 Å². The van der Waals surface area contributed by atoms with Gasteiger partial charge in [-0.3, -0.25) is 4.79 Å². The maximum Gasteiger partial charge on any atom is 0.245 e. The van der Waals surface area contributed by atoms with Crippen LogP contribution in [0.1, 0.15) is 29.4 Å². The summed E-state index contributed by atoms with van der Waals surface area (Å²) < 4.78 is 1.90. The van der Waals surface area contributed by atoms with Crippen molar-refractivity contribution in [2.45, 2.75) is 33.2 Å². The molecule has 2 heterocycles. The van der Waals surface area contributed by atoms with E-state index in [1.54, 1.807) is 22.4 Å². The first kappa shape index (κ1) is 14.7. The normalized spacial score (nSPS) is 12.4. The standard InChI is InChI=1S/C14H20N4OS/c1-10-13(20-9-16-10)5-7-17(4)14(19)11(2)18-8-6-15-12(18)3/h6,8-9,11H,5,7H2,1-4H3/t11-/m1/s1. The number of amides is 1. The molecule has 0 aromatic carbocycles. The lowest BCUT2D eigenvalue weighted by Gasteiger charge is -2.22. The van der Waals surface area contributed by atoms with Crippen molar-refractivity contribution in [3.8, 4) is 0 Å². The molecule has 0 N–H and O–H groups in total. The fourth-order valence-corrected chi connectivity index (χ4v) is 2.95. The Kier molecular flexibility index (Phi) is 4.54. The maximum atomic E-state index is 12.4. The number of thiazole rings is 1. The molecule has 0 bridgehead atoms. The van der Waals surface area contributed by atoms with Crippen LogP contribution in [0.25, 0.3) is 0 Å². The van der Waals surface area contributed by atoms with Crippen molar-refractivity contribution in [1.82, 2.24) is 19.4 Å². The summed E-state index contributed by atoms with van der Waals surface area (Å²) in [6.45, 7) is 6.53. The van der Waals surface area contributed by atoms with E-state index in [1.165, 1.54) is 4.88 Å². The number of rotatable bonds is 5. The van der Waals surface area contributed by atoms with Crippen LogP contribution < -0.4 is 0 Å². The van der Waals surface area contributed by atoms with Crippen molar-refractivity contribution in [2.24, 2.45) is 0 Å². The third-order valence-electron chi connectivity index (χ3n) is 3.53. The van der Waals surface area contributed by atoms with Gasteiger partial charge < -0.3 is 9.47 Å². The van der Waals surface area contributed by atoms with Crippen LogP contribution in [0.15, 0.2) is 17.9 Å². The van der Waals surface area contributed by atoms with Gasteiger partial charge in [-0.15, -0.1) is 11.3 Å². The van der Waals surface area contributed by atoms with Crippen LogP contribution in [0.2, 0.25) is 0 Å². The summed E-state index contributed by atoms with van der Waals surface area (Å²) in [7, 11) is 1.85. The lowest BCUT2D eigenvalue weighted by Crippen LogP contribution is -2.34. The minimum Gasteiger partial charge on any atom is -0.344 e. The summed E-state index contributed by atoms with van der Waals surface area (Å²) >= 11 is 1.65. The number of carbonyl (C=O) groups is 1. The molecule has 0 spiro atoms. The lowest BCUT2D eigenvalue weighted by atomic mass is 10.2. The zero-order valence-electron chi connectivity index (χ0n) is 12.3. The van der Waals surface area contributed by atoms with Gasteiger partial charge in [0.25, 0.3) is 0 Å². The summed E-state index contributed by atoms with van der Waals surface area (Å²) in [5.74, 6) is 0.964. The van der Waals surface area contributed by atoms with Crippen LogP contribution in [0.5, 0.6) is 0 Å². The number of nitrogens with zero attached hydrogens (tertiary/aromatic N) is 4. The molecule has 108 valence electrons. The number of likely N-dealkylation sites (N-methyl/N-ethyl adjacent to an activating group) is 1. The number of imidazole rings is 1. The van der Waals surface area contributed by atoms with Crippen LogP contribution in [0.3, 0.4) is 0 Å². The molecule has 0 radical (unpaired) electrons. The summed E-state index contributed by atoms with van der Waals surface area (Å²) in [6, 6.07) is -0.218. The Balaban J connectivity index is 1.95. The van der Waals surface area contributed by atoms with Crippen molar-refractivity contribution < 1.29 is 4.79 Å². The second-order valence-electron chi connectivity index (χ2n) is 4.93. The number of carbonyl (C=O) groups excluding carboxylic acids is 1. The monoisotopic (exact) mass is 292 g/mol. The lowest BCUT2D eigenvalue weighted by molar-refractivity contribution is -0.132. The summed E-state index contributed by atoms with van der Waals surface area (Å²) in [4.78, 5) is 23.8. The highest BCUT2D eigenvalue weighted by atomic mass is 32.1. The van der Waals surface area contributed by atoms with Crippen molar-refractivity contribution >= 4 is 17.2 Å². The molecule has 20 heavy (non-hydrogen) atoms. The van der Waals surface area contributed by atoms with E-state index in [0.29, 0.717) is 6.54 Å². The highest BCUT2D eigenvalue weighted by Crippen LogP contribution is 2.15. The third kappa shape index (κ3) is 3.07. The van der Waals surface area contributed by atoms with Gasteiger partial charge in [0.2, 0.25) is 5.91 Å². The van der Waals surface area contributed by atoms with E-state index in [0.717, 1.165) is 17.9 Å². The minimum absolute atomic E-state index is 0.105. The summed E-state index contributed by atoms with van der Waals surface area (Å²) in [5, 5.41) is 0. The molecule has 0 saturated heterocycles. The number of hydrogen-bond acceptors (Lipinski definition) is 4. The van der Waals surface area contributed by atoms with Gasteiger partial charge in [0.15, 0.2) is 0 Å². The topological polar surface area (TPSA) is 51.0 Å². The zero-order chi connectivity index (χ0) is 14.7. The van der Waals surface area contributed by atoms with Gasteiger partial charge in [0.1, 0.15) is 11.9 Å².